The van der Waals surface area contributed by atoms with E-state index in [-0.39, 0.29) is 17.9 Å². The molecule has 6 nitrogen and oxygen atoms in total. The van der Waals surface area contributed by atoms with Crippen molar-refractivity contribution in [1.82, 2.24) is 0 Å². The molecule has 19 heavy (non-hydrogen) atoms. The van der Waals surface area contributed by atoms with E-state index in [2.05, 4.69) is 5.16 Å². The van der Waals surface area contributed by atoms with Gasteiger partial charge in [0.05, 0.1) is 12.3 Å². The smallest absolute Gasteiger partial charge is 0.349 e. The van der Waals surface area contributed by atoms with Gasteiger partial charge in [-0.25, -0.2) is 4.79 Å². The Labute approximate surface area is 111 Å². The van der Waals surface area contributed by atoms with Gasteiger partial charge < -0.3 is 19.1 Å². The molecule has 0 bridgehead atoms. The minimum atomic E-state index is -0.604. The molecule has 0 amide bonds. The van der Waals surface area contributed by atoms with Crippen molar-refractivity contribution >= 4 is 5.71 Å². The molecule has 6 heteroatoms. The third-order valence-corrected chi connectivity index (χ3v) is 2.51. The van der Waals surface area contributed by atoms with Gasteiger partial charge in [0.1, 0.15) is 23.7 Å². The molecule has 0 radical (unpaired) electrons. The van der Waals surface area contributed by atoms with Gasteiger partial charge in [-0.3, -0.25) is 0 Å². The molecule has 0 spiro atoms. The Morgan fingerprint density at radius 3 is 2.68 bits per heavy atom. The lowest BCUT2D eigenvalue weighted by molar-refractivity contribution is 0.0749. The van der Waals surface area contributed by atoms with Crippen LogP contribution in [-0.2, 0) is 16.0 Å². The molecule has 0 unspecified atom stereocenters. The maximum Gasteiger partial charge on any atom is 0.349 e. The lowest BCUT2D eigenvalue weighted by Crippen LogP contribution is -2.16. The van der Waals surface area contributed by atoms with Crippen LogP contribution in [0, 0.1) is 0 Å². The minimum Gasteiger partial charge on any atom is -0.507 e. The average molecular weight is 269 g/mol. The predicted octanol–water partition coefficient (Wildman–Crippen LogP) is 1.68. The Morgan fingerprint density at radius 2 is 2.16 bits per heavy atom. The largest absolute Gasteiger partial charge is 0.507 e. The van der Waals surface area contributed by atoms with Crippen molar-refractivity contribution < 1.29 is 19.1 Å². The zero-order chi connectivity index (χ0) is 14.3. The first-order valence-corrected chi connectivity index (χ1v) is 6.18. The highest BCUT2D eigenvalue weighted by Gasteiger charge is 2.16. The third-order valence-electron chi connectivity index (χ3n) is 2.51. The van der Waals surface area contributed by atoms with Crippen LogP contribution in [0.5, 0.6) is 5.75 Å². The van der Waals surface area contributed by atoms with E-state index in [1.54, 1.807) is 7.11 Å². The van der Waals surface area contributed by atoms with Gasteiger partial charge in [-0.05, 0) is 6.42 Å². The molecule has 0 aliphatic carbocycles. The summed E-state index contributed by atoms with van der Waals surface area (Å²) in [5, 5.41) is 13.7. The van der Waals surface area contributed by atoms with Gasteiger partial charge in [-0.15, -0.1) is 0 Å². The second kappa shape index (κ2) is 7.58. The summed E-state index contributed by atoms with van der Waals surface area (Å²) in [6, 6.07) is 1.43. The molecule has 0 fully saturated rings. The molecule has 1 rings (SSSR count). The number of aryl methyl sites for hydroxylation is 1. The molecule has 1 aromatic rings. The van der Waals surface area contributed by atoms with E-state index in [9.17, 15) is 9.90 Å². The van der Waals surface area contributed by atoms with Crippen molar-refractivity contribution in [2.75, 3.05) is 20.3 Å². The number of rotatable bonds is 7. The first-order valence-electron chi connectivity index (χ1n) is 6.18. The second-order valence-electron chi connectivity index (χ2n) is 3.83. The Kier molecular flexibility index (Phi) is 6.08. The summed E-state index contributed by atoms with van der Waals surface area (Å²) < 4.78 is 9.89. The fraction of sp³-hybridized carbons (Fsp3) is 0.538. The Hall–Kier alpha value is -1.82. The molecule has 0 aromatic carbocycles. The first-order chi connectivity index (χ1) is 9.13. The Morgan fingerprint density at radius 1 is 1.42 bits per heavy atom. The normalized spacial score (nSPS) is 11.6. The molecule has 1 heterocycles. The van der Waals surface area contributed by atoms with Crippen LogP contribution in [0.25, 0.3) is 0 Å². The predicted molar refractivity (Wildman–Crippen MR) is 70.7 cm³/mol. The van der Waals surface area contributed by atoms with Crippen molar-refractivity contribution in [2.24, 2.45) is 5.16 Å². The van der Waals surface area contributed by atoms with Crippen molar-refractivity contribution in [1.29, 1.82) is 0 Å². The molecule has 0 aliphatic heterocycles. The van der Waals surface area contributed by atoms with Crippen molar-refractivity contribution in [3.05, 3.63) is 27.8 Å². The molecular formula is C13H19NO5. The second-order valence-corrected chi connectivity index (χ2v) is 3.83. The van der Waals surface area contributed by atoms with Crippen LogP contribution >= 0.6 is 0 Å². The monoisotopic (exact) mass is 269 g/mol. The van der Waals surface area contributed by atoms with Crippen LogP contribution in [0.1, 0.15) is 31.6 Å². The summed E-state index contributed by atoms with van der Waals surface area (Å²) in [6.07, 6.45) is 0.975. The molecule has 1 N–H and O–H groups in total. The van der Waals surface area contributed by atoms with E-state index in [1.165, 1.54) is 6.07 Å². The van der Waals surface area contributed by atoms with Crippen LogP contribution in [0.15, 0.2) is 20.4 Å². The number of hydrogen-bond donors (Lipinski definition) is 1. The number of methoxy groups -OCH3 is 1. The molecule has 0 atom stereocenters. The van der Waals surface area contributed by atoms with Gasteiger partial charge in [0.15, 0.2) is 0 Å². The average Bonchev–Trinajstić information content (AvgIpc) is 2.40. The number of aromatic hydroxyl groups is 1. The Balaban J connectivity index is 3.01. The maximum atomic E-state index is 11.8. The number of oxime groups is 1. The van der Waals surface area contributed by atoms with E-state index < -0.39 is 5.63 Å². The molecule has 106 valence electrons. The number of nitrogens with zero attached hydrogens (tertiary/aromatic N) is 1. The van der Waals surface area contributed by atoms with Gasteiger partial charge >= 0.3 is 5.63 Å². The summed E-state index contributed by atoms with van der Waals surface area (Å²) in [4.78, 5) is 16.8. The zero-order valence-electron chi connectivity index (χ0n) is 11.4. The summed E-state index contributed by atoms with van der Waals surface area (Å²) in [6.45, 7) is 4.32. The van der Waals surface area contributed by atoms with Crippen LogP contribution < -0.4 is 5.63 Å². The number of ether oxygens (including phenoxy) is 1. The quantitative estimate of drug-likeness (QED) is 0.463. The van der Waals surface area contributed by atoms with Crippen LogP contribution in [0.3, 0.4) is 0 Å². The van der Waals surface area contributed by atoms with Crippen LogP contribution in [0.2, 0.25) is 0 Å². The summed E-state index contributed by atoms with van der Waals surface area (Å²) >= 11 is 0. The van der Waals surface area contributed by atoms with Crippen molar-refractivity contribution in [2.45, 2.75) is 26.7 Å². The van der Waals surface area contributed by atoms with Gasteiger partial charge in [-0.2, -0.15) is 0 Å². The van der Waals surface area contributed by atoms with Gasteiger partial charge in [-0.1, -0.05) is 19.0 Å². The minimum absolute atomic E-state index is 0.0529. The lowest BCUT2D eigenvalue weighted by atomic mass is 10.1. The molecule has 0 aliphatic rings. The molecule has 0 saturated heterocycles. The third kappa shape index (κ3) is 4.10. The molecule has 1 aromatic heterocycles. The molecular weight excluding hydrogens is 250 g/mol. The van der Waals surface area contributed by atoms with E-state index in [1.807, 2.05) is 13.8 Å². The van der Waals surface area contributed by atoms with Gasteiger partial charge in [0.25, 0.3) is 0 Å². The van der Waals surface area contributed by atoms with E-state index >= 15 is 0 Å². The highest BCUT2D eigenvalue weighted by atomic mass is 16.6. The van der Waals surface area contributed by atoms with Crippen LogP contribution in [-0.4, -0.2) is 31.1 Å². The zero-order valence-corrected chi connectivity index (χ0v) is 11.4. The number of hydrogen-bond acceptors (Lipinski definition) is 6. The van der Waals surface area contributed by atoms with Crippen molar-refractivity contribution in [3.63, 3.8) is 0 Å². The lowest BCUT2D eigenvalue weighted by Gasteiger charge is -2.06. The van der Waals surface area contributed by atoms with Crippen LogP contribution in [0.4, 0.5) is 0 Å². The standard InChI is InChI=1S/C13H19NO5/c1-4-9-8-11(15)12(13(16)19-9)10(5-2)14-18-7-6-17-3/h8,15H,4-7H2,1-3H3. The Bertz CT molecular complexity index is 492. The van der Waals surface area contributed by atoms with Crippen molar-refractivity contribution in [3.8, 4) is 5.75 Å². The highest BCUT2D eigenvalue weighted by molar-refractivity contribution is 6.01. The highest BCUT2D eigenvalue weighted by Crippen LogP contribution is 2.17. The summed E-state index contributed by atoms with van der Waals surface area (Å²) in [7, 11) is 1.55. The van der Waals surface area contributed by atoms with Gasteiger partial charge in [0, 0.05) is 19.6 Å². The fourth-order valence-electron chi connectivity index (χ4n) is 1.50. The topological polar surface area (TPSA) is 81.3 Å². The van der Waals surface area contributed by atoms with E-state index in [0.29, 0.717) is 30.9 Å². The summed E-state index contributed by atoms with van der Waals surface area (Å²) in [5.41, 5.74) is -0.199. The van der Waals surface area contributed by atoms with E-state index in [4.69, 9.17) is 14.0 Å². The first kappa shape index (κ1) is 15.2. The van der Waals surface area contributed by atoms with E-state index in [0.717, 1.165) is 0 Å². The SMILES string of the molecule is CCC(=NOCCOC)c1c(O)cc(CC)oc1=O. The molecule has 0 saturated carbocycles. The summed E-state index contributed by atoms with van der Waals surface area (Å²) in [5.74, 6) is 0.297. The van der Waals surface area contributed by atoms with Gasteiger partial charge in [0.2, 0.25) is 0 Å². The fourth-order valence-corrected chi connectivity index (χ4v) is 1.50. The maximum absolute atomic E-state index is 11.8.